The van der Waals surface area contributed by atoms with Crippen molar-refractivity contribution >= 4 is 23.4 Å². The Morgan fingerprint density at radius 3 is 2.34 bits per heavy atom. The highest BCUT2D eigenvalue weighted by molar-refractivity contribution is 8.00. The van der Waals surface area contributed by atoms with Crippen molar-refractivity contribution in [3.63, 3.8) is 0 Å². The highest BCUT2D eigenvalue weighted by atomic mass is 32.2. The van der Waals surface area contributed by atoms with Gasteiger partial charge < -0.3 is 10.7 Å². The Labute approximate surface area is 201 Å². The van der Waals surface area contributed by atoms with Gasteiger partial charge in [-0.1, -0.05) is 66.4 Å². The van der Waals surface area contributed by atoms with E-state index >= 15 is 0 Å². The Kier molecular flexibility index (Phi) is 5.93. The highest BCUT2D eigenvalue weighted by Crippen LogP contribution is 2.40. The number of nitrogens with zero attached hydrogens (tertiary/aromatic N) is 3. The molecule has 0 aliphatic carbocycles. The second-order valence-electron chi connectivity index (χ2n) is 7.74. The molecule has 0 saturated heterocycles. The molecular formula is C24H17F4N5OS. The van der Waals surface area contributed by atoms with Crippen LogP contribution >= 0.6 is 11.8 Å². The normalized spacial score (nSPS) is 17.4. The van der Waals surface area contributed by atoms with Crippen molar-refractivity contribution in [2.45, 2.75) is 22.6 Å². The van der Waals surface area contributed by atoms with Gasteiger partial charge in [0.15, 0.2) is 5.82 Å². The topological polar surface area (TPSA) is 71.8 Å². The summed E-state index contributed by atoms with van der Waals surface area (Å²) in [6.45, 7) is 0. The van der Waals surface area contributed by atoms with Crippen molar-refractivity contribution in [3.8, 4) is 11.4 Å². The number of alkyl halides is 3. The summed E-state index contributed by atoms with van der Waals surface area (Å²) in [6.07, 6.45) is -4.64. The number of aromatic nitrogens is 3. The number of para-hydroxylation sites is 1. The first-order valence-electron chi connectivity index (χ1n) is 10.5. The van der Waals surface area contributed by atoms with Gasteiger partial charge in [-0.3, -0.25) is 4.79 Å². The molecule has 5 rings (SSSR count). The van der Waals surface area contributed by atoms with Crippen LogP contribution in [0.15, 0.2) is 84.0 Å². The summed E-state index contributed by atoms with van der Waals surface area (Å²) in [5, 5.41) is 10.2. The number of carbonyl (C=O) groups excluding carboxylic acids is 1. The predicted octanol–water partition coefficient (Wildman–Crippen LogP) is 5.50. The number of amides is 1. The van der Waals surface area contributed by atoms with E-state index in [1.165, 1.54) is 42.5 Å². The van der Waals surface area contributed by atoms with E-state index < -0.39 is 34.8 Å². The number of nitrogens with one attached hydrogen (secondary N) is 2. The first kappa shape index (κ1) is 22.9. The third kappa shape index (κ3) is 4.59. The molecule has 1 aliphatic rings. The van der Waals surface area contributed by atoms with Gasteiger partial charge in [-0.25, -0.2) is 9.07 Å². The molecule has 0 saturated carbocycles. The Balaban J connectivity index is 1.52. The van der Waals surface area contributed by atoms with Gasteiger partial charge >= 0.3 is 6.18 Å². The predicted molar refractivity (Wildman–Crippen MR) is 124 cm³/mol. The summed E-state index contributed by atoms with van der Waals surface area (Å²) in [5.41, 5.74) is 3.26. The van der Waals surface area contributed by atoms with Gasteiger partial charge in [0, 0.05) is 5.56 Å². The fourth-order valence-electron chi connectivity index (χ4n) is 3.79. The monoisotopic (exact) mass is 499 g/mol. The molecule has 2 N–H and O–H groups in total. The van der Waals surface area contributed by atoms with Crippen molar-refractivity contribution in [2.24, 2.45) is 0 Å². The Hall–Kier alpha value is -3.86. The van der Waals surface area contributed by atoms with Crippen LogP contribution in [0.25, 0.3) is 11.4 Å². The molecule has 6 nitrogen and oxygen atoms in total. The summed E-state index contributed by atoms with van der Waals surface area (Å²) in [7, 11) is 0. The molecule has 0 unspecified atom stereocenters. The number of rotatable bonds is 4. The van der Waals surface area contributed by atoms with Gasteiger partial charge in [-0.2, -0.15) is 13.2 Å². The molecule has 1 amide bonds. The van der Waals surface area contributed by atoms with E-state index in [-0.39, 0.29) is 5.69 Å². The van der Waals surface area contributed by atoms with Crippen LogP contribution in [0.2, 0.25) is 0 Å². The van der Waals surface area contributed by atoms with Gasteiger partial charge in [0.05, 0.1) is 17.3 Å². The largest absolute Gasteiger partial charge is 0.418 e. The molecule has 0 fully saturated rings. The lowest BCUT2D eigenvalue weighted by Crippen LogP contribution is -2.41. The molecule has 1 aliphatic heterocycles. The van der Waals surface area contributed by atoms with E-state index in [4.69, 9.17) is 0 Å². The van der Waals surface area contributed by atoms with E-state index in [2.05, 4.69) is 20.9 Å². The van der Waals surface area contributed by atoms with Crippen LogP contribution < -0.4 is 10.7 Å². The number of hydrogen-bond donors (Lipinski definition) is 2. The maximum Gasteiger partial charge on any atom is 0.418 e. The van der Waals surface area contributed by atoms with Crippen molar-refractivity contribution in [1.82, 2.24) is 14.9 Å². The SMILES string of the molecule is O=C(Nc1ccccc1C(F)(F)F)[C@@H]1Sc2nnc(-c3ccccc3)n2N[C@@H]1c1ccc(F)cc1. The molecule has 3 aromatic carbocycles. The highest BCUT2D eigenvalue weighted by Gasteiger charge is 2.39. The van der Waals surface area contributed by atoms with Crippen LogP contribution in [-0.4, -0.2) is 26.0 Å². The summed E-state index contributed by atoms with van der Waals surface area (Å²) in [4.78, 5) is 13.3. The van der Waals surface area contributed by atoms with Crippen LogP contribution in [0.5, 0.6) is 0 Å². The molecule has 0 radical (unpaired) electrons. The molecule has 4 aromatic rings. The van der Waals surface area contributed by atoms with Crippen molar-refractivity contribution < 1.29 is 22.4 Å². The number of halogens is 4. The molecule has 35 heavy (non-hydrogen) atoms. The summed E-state index contributed by atoms with van der Waals surface area (Å²) in [6, 6.07) is 18.9. The first-order valence-corrected chi connectivity index (χ1v) is 11.4. The van der Waals surface area contributed by atoms with Gasteiger partial charge in [0.1, 0.15) is 11.1 Å². The fraction of sp³-hybridized carbons (Fsp3) is 0.125. The van der Waals surface area contributed by atoms with Crippen LogP contribution in [-0.2, 0) is 11.0 Å². The summed E-state index contributed by atoms with van der Waals surface area (Å²) in [5.74, 6) is -0.613. The van der Waals surface area contributed by atoms with Crippen LogP contribution in [0.3, 0.4) is 0 Å². The lowest BCUT2D eigenvalue weighted by Gasteiger charge is -2.33. The summed E-state index contributed by atoms with van der Waals surface area (Å²) >= 11 is 1.06. The number of hydrogen-bond acceptors (Lipinski definition) is 5. The lowest BCUT2D eigenvalue weighted by molar-refractivity contribution is -0.137. The minimum absolute atomic E-state index is 0.347. The van der Waals surface area contributed by atoms with Gasteiger partial charge in [-0.15, -0.1) is 10.2 Å². The van der Waals surface area contributed by atoms with Gasteiger partial charge in [0.2, 0.25) is 11.1 Å². The lowest BCUT2D eigenvalue weighted by atomic mass is 10.0. The zero-order valence-corrected chi connectivity index (χ0v) is 18.6. The van der Waals surface area contributed by atoms with Crippen molar-refractivity contribution in [3.05, 3.63) is 95.8 Å². The fourth-order valence-corrected chi connectivity index (χ4v) is 4.87. The number of thioether (sulfide) groups is 1. The maximum absolute atomic E-state index is 13.6. The number of fused-ring (bicyclic) bond motifs is 1. The smallest absolute Gasteiger partial charge is 0.324 e. The Morgan fingerprint density at radius 2 is 1.63 bits per heavy atom. The minimum atomic E-state index is -4.64. The first-order chi connectivity index (χ1) is 16.8. The van der Waals surface area contributed by atoms with Crippen molar-refractivity contribution in [1.29, 1.82) is 0 Å². The molecule has 11 heteroatoms. The van der Waals surface area contributed by atoms with Gasteiger partial charge in [0.25, 0.3) is 0 Å². The van der Waals surface area contributed by atoms with E-state index in [1.54, 1.807) is 4.68 Å². The number of anilines is 1. The number of benzene rings is 3. The van der Waals surface area contributed by atoms with E-state index in [0.717, 1.165) is 23.4 Å². The molecule has 0 bridgehead atoms. The zero-order valence-electron chi connectivity index (χ0n) is 17.8. The average molecular weight is 499 g/mol. The van der Waals surface area contributed by atoms with Crippen LogP contribution in [0, 0.1) is 5.82 Å². The Bertz CT molecular complexity index is 1360. The maximum atomic E-state index is 13.6. The van der Waals surface area contributed by atoms with E-state index in [9.17, 15) is 22.4 Å². The molecule has 1 aromatic heterocycles. The second kappa shape index (κ2) is 9.06. The van der Waals surface area contributed by atoms with E-state index in [0.29, 0.717) is 16.5 Å². The third-order valence-corrected chi connectivity index (χ3v) is 6.66. The number of carbonyl (C=O) groups is 1. The molecule has 0 spiro atoms. The van der Waals surface area contributed by atoms with Crippen molar-refractivity contribution in [2.75, 3.05) is 10.7 Å². The third-order valence-electron chi connectivity index (χ3n) is 5.45. The average Bonchev–Trinajstić information content (AvgIpc) is 3.27. The van der Waals surface area contributed by atoms with E-state index in [1.807, 2.05) is 30.3 Å². The standard InChI is InChI=1S/C24H17F4N5OS/c25-16-12-10-14(11-13-16)19-20(22(34)29-18-9-5-4-8-17(18)24(26,27)28)35-23-31-30-21(33(23)32-19)15-6-2-1-3-7-15/h1-13,19-20,32H,(H,29,34)/t19-,20-/m1/s1. The summed E-state index contributed by atoms with van der Waals surface area (Å²) < 4.78 is 55.6. The zero-order chi connectivity index (χ0) is 24.6. The van der Waals surface area contributed by atoms with Crippen LogP contribution in [0.1, 0.15) is 17.2 Å². The van der Waals surface area contributed by atoms with Crippen LogP contribution in [0.4, 0.5) is 23.2 Å². The second-order valence-corrected chi connectivity index (χ2v) is 8.85. The molecule has 2 heterocycles. The Morgan fingerprint density at radius 1 is 0.943 bits per heavy atom. The molecule has 2 atom stereocenters. The quantitative estimate of drug-likeness (QED) is 0.363. The molecule has 178 valence electrons. The minimum Gasteiger partial charge on any atom is -0.324 e. The molecular weight excluding hydrogens is 482 g/mol. The van der Waals surface area contributed by atoms with Gasteiger partial charge in [-0.05, 0) is 29.8 Å².